The molecule has 140 valence electrons. The van der Waals surface area contributed by atoms with Crippen molar-refractivity contribution in [3.8, 4) is 0 Å². The van der Waals surface area contributed by atoms with Gasteiger partial charge in [-0.05, 0) is 31.0 Å². The van der Waals surface area contributed by atoms with Crippen molar-refractivity contribution in [1.82, 2.24) is 0 Å². The molecule has 25 heavy (non-hydrogen) atoms. The molecule has 1 aromatic rings. The van der Waals surface area contributed by atoms with Gasteiger partial charge >= 0.3 is 6.18 Å². The van der Waals surface area contributed by atoms with Gasteiger partial charge in [0.2, 0.25) is 5.91 Å². The number of rotatable bonds is 4. The second kappa shape index (κ2) is 8.50. The number of carbonyl (C=O) groups is 2. The van der Waals surface area contributed by atoms with Gasteiger partial charge in [-0.1, -0.05) is 0 Å². The van der Waals surface area contributed by atoms with Crippen LogP contribution in [0.3, 0.4) is 0 Å². The van der Waals surface area contributed by atoms with E-state index in [1.807, 2.05) is 0 Å². The van der Waals surface area contributed by atoms with E-state index in [-0.39, 0.29) is 36.4 Å². The zero-order valence-electron chi connectivity index (χ0n) is 13.4. The summed E-state index contributed by atoms with van der Waals surface area (Å²) < 4.78 is 44.0. The Morgan fingerprint density at radius 1 is 1.24 bits per heavy atom. The lowest BCUT2D eigenvalue weighted by Gasteiger charge is -2.17. The standard InChI is InChI=1S/C15H18F3N3O3.ClH/c1-8(22)20-11-4-2-9(15(16,17)18)6-12(11)21-14(23)13-5-3-10(7-19)24-13;/h2,4,6,10,13H,3,5,7,19H2,1H3,(H,20,22)(H,21,23);1H/t10-,13+;/m1./s1. The van der Waals surface area contributed by atoms with Crippen molar-refractivity contribution in [2.24, 2.45) is 5.73 Å². The van der Waals surface area contributed by atoms with E-state index in [2.05, 4.69) is 10.6 Å². The number of hydrogen-bond donors (Lipinski definition) is 3. The number of anilines is 2. The lowest BCUT2D eigenvalue weighted by Crippen LogP contribution is -2.30. The maximum absolute atomic E-state index is 12.9. The number of ether oxygens (including phenoxy) is 1. The second-order valence-corrected chi connectivity index (χ2v) is 5.49. The molecule has 2 atom stereocenters. The van der Waals surface area contributed by atoms with E-state index in [0.717, 1.165) is 18.2 Å². The van der Waals surface area contributed by atoms with Gasteiger partial charge in [0.15, 0.2) is 0 Å². The fourth-order valence-corrected chi connectivity index (χ4v) is 2.41. The summed E-state index contributed by atoms with van der Waals surface area (Å²) in [6.07, 6.45) is -4.55. The van der Waals surface area contributed by atoms with Crippen molar-refractivity contribution < 1.29 is 27.5 Å². The first-order valence-electron chi connectivity index (χ1n) is 7.36. The van der Waals surface area contributed by atoms with Gasteiger partial charge in [0.25, 0.3) is 5.91 Å². The summed E-state index contributed by atoms with van der Waals surface area (Å²) in [5, 5.41) is 4.78. The minimum Gasteiger partial charge on any atom is -0.364 e. The molecule has 1 saturated heterocycles. The molecule has 1 fully saturated rings. The maximum Gasteiger partial charge on any atom is 0.416 e. The molecule has 0 radical (unpaired) electrons. The van der Waals surface area contributed by atoms with E-state index < -0.39 is 29.7 Å². The van der Waals surface area contributed by atoms with Crippen LogP contribution >= 0.6 is 12.4 Å². The van der Waals surface area contributed by atoms with Crippen LogP contribution < -0.4 is 16.4 Å². The van der Waals surface area contributed by atoms with Gasteiger partial charge in [-0.2, -0.15) is 13.2 Å². The largest absolute Gasteiger partial charge is 0.416 e. The number of nitrogens with one attached hydrogen (secondary N) is 2. The van der Waals surface area contributed by atoms with Gasteiger partial charge < -0.3 is 21.1 Å². The SMILES string of the molecule is CC(=O)Nc1ccc(C(F)(F)F)cc1NC(=O)[C@@H]1CC[C@H](CN)O1.Cl. The lowest BCUT2D eigenvalue weighted by molar-refractivity contribution is -0.137. The Balaban J connectivity index is 0.00000312. The van der Waals surface area contributed by atoms with Crippen molar-refractivity contribution in [2.75, 3.05) is 17.2 Å². The molecule has 1 aromatic carbocycles. The average Bonchev–Trinajstić information content (AvgIpc) is 2.96. The fourth-order valence-electron chi connectivity index (χ4n) is 2.41. The minimum atomic E-state index is -4.57. The molecule has 0 aliphatic carbocycles. The van der Waals surface area contributed by atoms with Gasteiger partial charge in [0.05, 0.1) is 23.0 Å². The number of halogens is 4. The van der Waals surface area contributed by atoms with Crippen LogP contribution in [0, 0.1) is 0 Å². The Morgan fingerprint density at radius 3 is 2.44 bits per heavy atom. The molecule has 0 spiro atoms. The van der Waals surface area contributed by atoms with Crippen molar-refractivity contribution in [2.45, 2.75) is 38.1 Å². The quantitative estimate of drug-likeness (QED) is 0.747. The summed E-state index contributed by atoms with van der Waals surface area (Å²) in [7, 11) is 0. The van der Waals surface area contributed by atoms with Gasteiger partial charge in [-0.3, -0.25) is 9.59 Å². The Morgan fingerprint density at radius 2 is 1.92 bits per heavy atom. The molecule has 4 N–H and O–H groups in total. The van der Waals surface area contributed by atoms with Crippen LogP contribution in [0.2, 0.25) is 0 Å². The Hall–Kier alpha value is -1.84. The molecule has 1 heterocycles. The Bertz CT molecular complexity index is 640. The Labute approximate surface area is 148 Å². The number of amides is 2. The molecule has 1 aliphatic rings. The normalized spacial score (nSPS) is 19.9. The highest BCUT2D eigenvalue weighted by Crippen LogP contribution is 2.34. The van der Waals surface area contributed by atoms with Crippen LogP contribution in [0.15, 0.2) is 18.2 Å². The van der Waals surface area contributed by atoms with Gasteiger partial charge in [-0.15, -0.1) is 12.4 Å². The number of benzene rings is 1. The van der Waals surface area contributed by atoms with Crippen molar-refractivity contribution in [3.63, 3.8) is 0 Å². The average molecular weight is 382 g/mol. The van der Waals surface area contributed by atoms with Gasteiger partial charge in [-0.25, -0.2) is 0 Å². The van der Waals surface area contributed by atoms with Crippen LogP contribution in [0.1, 0.15) is 25.3 Å². The first-order chi connectivity index (χ1) is 11.2. The summed E-state index contributed by atoms with van der Waals surface area (Å²) in [5.74, 6) is -1.04. The van der Waals surface area contributed by atoms with Crippen LogP contribution in [-0.2, 0) is 20.5 Å². The first-order valence-corrected chi connectivity index (χ1v) is 7.36. The van der Waals surface area contributed by atoms with E-state index >= 15 is 0 Å². The van der Waals surface area contributed by atoms with Gasteiger partial charge in [0.1, 0.15) is 6.10 Å². The molecule has 0 bridgehead atoms. The lowest BCUT2D eigenvalue weighted by atomic mass is 10.1. The first kappa shape index (κ1) is 21.2. The van der Waals surface area contributed by atoms with E-state index in [9.17, 15) is 22.8 Å². The smallest absolute Gasteiger partial charge is 0.364 e. The number of hydrogen-bond acceptors (Lipinski definition) is 4. The third kappa shape index (κ3) is 5.58. The van der Waals surface area contributed by atoms with Crippen molar-refractivity contribution in [3.05, 3.63) is 23.8 Å². The van der Waals surface area contributed by atoms with E-state index in [4.69, 9.17) is 10.5 Å². The molecule has 0 unspecified atom stereocenters. The minimum absolute atomic E-state index is 0. The zero-order valence-corrected chi connectivity index (χ0v) is 14.2. The van der Waals surface area contributed by atoms with Crippen LogP contribution in [0.25, 0.3) is 0 Å². The summed E-state index contributed by atoms with van der Waals surface area (Å²) in [5.41, 5.74) is 4.48. The van der Waals surface area contributed by atoms with E-state index in [1.165, 1.54) is 6.92 Å². The van der Waals surface area contributed by atoms with Crippen LogP contribution in [-0.4, -0.2) is 30.6 Å². The summed E-state index contributed by atoms with van der Waals surface area (Å²) in [6, 6.07) is 2.70. The van der Waals surface area contributed by atoms with E-state index in [1.54, 1.807) is 0 Å². The summed E-state index contributed by atoms with van der Waals surface area (Å²) in [4.78, 5) is 23.4. The third-order valence-corrected chi connectivity index (χ3v) is 3.58. The molecule has 2 rings (SSSR count). The van der Waals surface area contributed by atoms with Gasteiger partial charge in [0, 0.05) is 13.5 Å². The van der Waals surface area contributed by atoms with E-state index in [0.29, 0.717) is 12.8 Å². The monoisotopic (exact) mass is 381 g/mol. The fraction of sp³-hybridized carbons (Fsp3) is 0.467. The zero-order chi connectivity index (χ0) is 17.9. The second-order valence-electron chi connectivity index (χ2n) is 5.49. The highest BCUT2D eigenvalue weighted by atomic mass is 35.5. The highest BCUT2D eigenvalue weighted by molar-refractivity contribution is 6.00. The molecule has 2 amide bonds. The predicted molar refractivity (Wildman–Crippen MR) is 88.6 cm³/mol. The predicted octanol–water partition coefficient (Wildman–Crippen LogP) is 2.53. The molecule has 10 heteroatoms. The Kier molecular flexibility index (Phi) is 7.21. The molecule has 0 aromatic heterocycles. The molecule has 6 nitrogen and oxygen atoms in total. The van der Waals surface area contributed by atoms with Crippen LogP contribution in [0.4, 0.5) is 24.5 Å². The number of carbonyl (C=O) groups excluding carboxylic acids is 2. The van der Waals surface area contributed by atoms with Crippen molar-refractivity contribution >= 4 is 35.6 Å². The molecular weight excluding hydrogens is 363 g/mol. The van der Waals surface area contributed by atoms with Crippen LogP contribution in [0.5, 0.6) is 0 Å². The third-order valence-electron chi connectivity index (χ3n) is 3.58. The van der Waals surface area contributed by atoms with Crippen molar-refractivity contribution in [1.29, 1.82) is 0 Å². The number of nitrogens with two attached hydrogens (primary N) is 1. The number of alkyl halides is 3. The maximum atomic E-state index is 12.9. The highest BCUT2D eigenvalue weighted by Gasteiger charge is 2.33. The summed E-state index contributed by atoms with van der Waals surface area (Å²) in [6.45, 7) is 1.49. The molecule has 0 saturated carbocycles. The topological polar surface area (TPSA) is 93.5 Å². The summed E-state index contributed by atoms with van der Waals surface area (Å²) >= 11 is 0. The molecular formula is C15H19ClF3N3O3. The molecule has 1 aliphatic heterocycles.